The Balaban J connectivity index is 1.56. The molecule has 25 heavy (non-hydrogen) atoms. The zero-order chi connectivity index (χ0) is 17.9. The molecule has 1 saturated heterocycles. The van der Waals surface area contributed by atoms with Gasteiger partial charge in [-0.2, -0.15) is 0 Å². The third-order valence-corrected chi connectivity index (χ3v) is 5.92. The summed E-state index contributed by atoms with van der Waals surface area (Å²) in [5, 5.41) is 0. The van der Waals surface area contributed by atoms with Crippen molar-refractivity contribution in [2.75, 3.05) is 13.1 Å². The molecule has 134 valence electrons. The predicted molar refractivity (Wildman–Crippen MR) is 91.4 cm³/mol. The van der Waals surface area contributed by atoms with Crippen LogP contribution < -0.4 is 4.72 Å². The third-order valence-electron chi connectivity index (χ3n) is 4.39. The monoisotopic (exact) mass is 366 g/mol. The first-order valence-corrected chi connectivity index (χ1v) is 9.66. The van der Waals surface area contributed by atoms with Crippen LogP contribution in [0.2, 0.25) is 0 Å². The van der Waals surface area contributed by atoms with Crippen LogP contribution in [0, 0.1) is 11.6 Å². The Morgan fingerprint density at radius 2 is 1.68 bits per heavy atom. The first kappa shape index (κ1) is 18.0. The van der Waals surface area contributed by atoms with Crippen molar-refractivity contribution >= 4 is 10.0 Å². The molecule has 3 rings (SSSR count). The van der Waals surface area contributed by atoms with Gasteiger partial charge in [0.25, 0.3) is 0 Å². The topological polar surface area (TPSA) is 49.4 Å². The fourth-order valence-electron chi connectivity index (χ4n) is 3.01. The van der Waals surface area contributed by atoms with Gasteiger partial charge in [-0.25, -0.2) is 21.9 Å². The Morgan fingerprint density at radius 3 is 2.36 bits per heavy atom. The molecule has 1 aliphatic rings. The molecular formula is C18H20F2N2O2S. The minimum atomic E-state index is -3.53. The maximum absolute atomic E-state index is 13.8. The summed E-state index contributed by atoms with van der Waals surface area (Å²) in [6.07, 6.45) is 1.26. The number of benzene rings is 2. The van der Waals surface area contributed by atoms with E-state index in [9.17, 15) is 17.2 Å². The van der Waals surface area contributed by atoms with E-state index in [4.69, 9.17) is 0 Å². The second kappa shape index (κ2) is 7.59. The van der Waals surface area contributed by atoms with Gasteiger partial charge in [0.2, 0.25) is 10.0 Å². The highest BCUT2D eigenvalue weighted by Crippen LogP contribution is 2.19. The Kier molecular flexibility index (Phi) is 5.46. The van der Waals surface area contributed by atoms with Gasteiger partial charge in [0.05, 0.1) is 4.90 Å². The van der Waals surface area contributed by atoms with Crippen LogP contribution in [0.4, 0.5) is 8.78 Å². The number of nitrogens with zero attached hydrogens (tertiary/aromatic N) is 1. The van der Waals surface area contributed by atoms with E-state index in [-0.39, 0.29) is 10.9 Å². The van der Waals surface area contributed by atoms with E-state index in [1.165, 1.54) is 6.07 Å². The molecule has 1 heterocycles. The van der Waals surface area contributed by atoms with E-state index >= 15 is 0 Å². The zero-order valence-electron chi connectivity index (χ0n) is 13.7. The summed E-state index contributed by atoms with van der Waals surface area (Å²) in [6.45, 7) is 1.57. The van der Waals surface area contributed by atoms with Crippen LogP contribution in [0.15, 0.2) is 53.4 Å². The van der Waals surface area contributed by atoms with Gasteiger partial charge < -0.3 is 0 Å². The number of piperidine rings is 1. The normalized spacial score (nSPS) is 16.9. The smallest absolute Gasteiger partial charge is 0.240 e. The fourth-order valence-corrected chi connectivity index (χ4v) is 4.33. The highest BCUT2D eigenvalue weighted by atomic mass is 32.2. The summed E-state index contributed by atoms with van der Waals surface area (Å²) >= 11 is 0. The second-order valence-electron chi connectivity index (χ2n) is 6.20. The quantitative estimate of drug-likeness (QED) is 0.885. The van der Waals surface area contributed by atoms with Crippen molar-refractivity contribution in [2.45, 2.75) is 30.3 Å². The van der Waals surface area contributed by atoms with Gasteiger partial charge in [-0.1, -0.05) is 30.3 Å². The maximum atomic E-state index is 13.8. The lowest BCUT2D eigenvalue weighted by Gasteiger charge is -2.32. The number of hydrogen-bond acceptors (Lipinski definition) is 3. The third kappa shape index (κ3) is 4.42. The number of hydrogen-bond donors (Lipinski definition) is 1. The molecule has 0 saturated carbocycles. The highest BCUT2D eigenvalue weighted by molar-refractivity contribution is 7.89. The molecule has 0 atom stereocenters. The van der Waals surface area contributed by atoms with Crippen LogP contribution in [0.1, 0.15) is 18.4 Å². The second-order valence-corrected chi connectivity index (χ2v) is 7.91. The van der Waals surface area contributed by atoms with Crippen molar-refractivity contribution in [3.05, 3.63) is 65.7 Å². The number of halogens is 2. The van der Waals surface area contributed by atoms with Crippen molar-refractivity contribution in [1.29, 1.82) is 0 Å². The van der Waals surface area contributed by atoms with Crippen LogP contribution in [0.5, 0.6) is 0 Å². The maximum Gasteiger partial charge on any atom is 0.240 e. The van der Waals surface area contributed by atoms with Crippen molar-refractivity contribution < 1.29 is 17.2 Å². The van der Waals surface area contributed by atoms with Gasteiger partial charge >= 0.3 is 0 Å². The lowest BCUT2D eigenvalue weighted by Crippen LogP contribution is -2.44. The van der Waals surface area contributed by atoms with E-state index in [1.807, 2.05) is 4.90 Å². The molecule has 2 aromatic carbocycles. The van der Waals surface area contributed by atoms with Gasteiger partial charge in [0, 0.05) is 31.2 Å². The molecular weight excluding hydrogens is 346 g/mol. The van der Waals surface area contributed by atoms with Crippen LogP contribution in [-0.4, -0.2) is 32.4 Å². The number of nitrogens with one attached hydrogen (secondary N) is 1. The first-order valence-electron chi connectivity index (χ1n) is 8.18. The standard InChI is InChI=1S/C18H20F2N2O2S/c19-17-8-4-5-14(18(17)20)13-22-11-9-15(10-12-22)21-25(23,24)16-6-2-1-3-7-16/h1-8,15,21H,9-13H2. The Morgan fingerprint density at radius 1 is 1.00 bits per heavy atom. The van der Waals surface area contributed by atoms with Gasteiger partial charge in [0.1, 0.15) is 0 Å². The van der Waals surface area contributed by atoms with Crippen LogP contribution in [-0.2, 0) is 16.6 Å². The molecule has 7 heteroatoms. The van der Waals surface area contributed by atoms with Gasteiger partial charge in [-0.3, -0.25) is 4.90 Å². The molecule has 4 nitrogen and oxygen atoms in total. The molecule has 0 aromatic heterocycles. The van der Waals surface area contributed by atoms with Crippen molar-refractivity contribution in [2.24, 2.45) is 0 Å². The van der Waals surface area contributed by atoms with Gasteiger partial charge in [0.15, 0.2) is 11.6 Å². The summed E-state index contributed by atoms with van der Waals surface area (Å²) < 4.78 is 54.4. The minimum absolute atomic E-state index is 0.154. The van der Waals surface area contributed by atoms with Crippen molar-refractivity contribution in [3.8, 4) is 0 Å². The number of rotatable bonds is 5. The van der Waals surface area contributed by atoms with Crippen LogP contribution in [0.3, 0.4) is 0 Å². The molecule has 1 fully saturated rings. The zero-order valence-corrected chi connectivity index (χ0v) is 14.5. The van der Waals surface area contributed by atoms with Crippen LogP contribution in [0.25, 0.3) is 0 Å². The predicted octanol–water partition coefficient (Wildman–Crippen LogP) is 2.91. The SMILES string of the molecule is O=S(=O)(NC1CCN(Cc2cccc(F)c2F)CC1)c1ccccc1. The van der Waals surface area contributed by atoms with E-state index in [0.29, 0.717) is 38.0 Å². The molecule has 2 aromatic rings. The van der Waals surface area contributed by atoms with E-state index in [1.54, 1.807) is 36.4 Å². The molecule has 0 unspecified atom stereocenters. The molecule has 1 N–H and O–H groups in total. The van der Waals surface area contributed by atoms with E-state index in [0.717, 1.165) is 6.07 Å². The van der Waals surface area contributed by atoms with Crippen LogP contribution >= 0.6 is 0 Å². The average molecular weight is 366 g/mol. The van der Waals surface area contributed by atoms with Gasteiger partial charge in [-0.15, -0.1) is 0 Å². The van der Waals surface area contributed by atoms with Gasteiger partial charge in [-0.05, 0) is 31.0 Å². The molecule has 0 bridgehead atoms. The highest BCUT2D eigenvalue weighted by Gasteiger charge is 2.25. The summed E-state index contributed by atoms with van der Waals surface area (Å²) in [5.74, 6) is -1.66. The number of sulfonamides is 1. The summed E-state index contributed by atoms with van der Waals surface area (Å²) in [5.41, 5.74) is 0.323. The average Bonchev–Trinajstić information content (AvgIpc) is 2.61. The lowest BCUT2D eigenvalue weighted by molar-refractivity contribution is 0.197. The van der Waals surface area contributed by atoms with Crippen molar-refractivity contribution in [3.63, 3.8) is 0 Å². The van der Waals surface area contributed by atoms with Crippen molar-refractivity contribution in [1.82, 2.24) is 9.62 Å². The van der Waals surface area contributed by atoms with E-state index < -0.39 is 21.7 Å². The molecule has 0 amide bonds. The summed E-state index contributed by atoms with van der Waals surface area (Å²) in [7, 11) is -3.53. The Hall–Kier alpha value is -1.83. The number of likely N-dealkylation sites (tertiary alicyclic amines) is 1. The fraction of sp³-hybridized carbons (Fsp3) is 0.333. The minimum Gasteiger partial charge on any atom is -0.299 e. The molecule has 0 spiro atoms. The Bertz CT molecular complexity index is 820. The first-order chi connectivity index (χ1) is 12.0. The lowest BCUT2D eigenvalue weighted by atomic mass is 10.1. The molecule has 1 aliphatic heterocycles. The summed E-state index contributed by atoms with van der Waals surface area (Å²) in [6, 6.07) is 12.3. The molecule has 0 radical (unpaired) electrons. The Labute approximate surface area is 146 Å². The largest absolute Gasteiger partial charge is 0.299 e. The van der Waals surface area contributed by atoms with E-state index in [2.05, 4.69) is 4.72 Å². The summed E-state index contributed by atoms with van der Waals surface area (Å²) in [4.78, 5) is 2.25. The molecule has 0 aliphatic carbocycles.